The number of carbonyl (C=O) groups is 1. The second-order valence-electron chi connectivity index (χ2n) is 5.87. The smallest absolute Gasteiger partial charge is 0.176 e. The zero-order valence-corrected chi connectivity index (χ0v) is 13.1. The maximum absolute atomic E-state index is 13.4. The molecule has 4 aromatic rings. The van der Waals surface area contributed by atoms with Crippen LogP contribution in [0.4, 0.5) is 0 Å². The standard InChI is InChI=1S/C22H17NO/c24-22(19-15-23-20-14-8-7-13-18(19)20)21(16-9-3-1-4-10-16)17-11-5-2-6-12-17/h1-15,21,23H. The highest BCUT2D eigenvalue weighted by Crippen LogP contribution is 2.31. The summed E-state index contributed by atoms with van der Waals surface area (Å²) in [6.07, 6.45) is 1.83. The minimum Gasteiger partial charge on any atom is -0.360 e. The lowest BCUT2D eigenvalue weighted by Crippen LogP contribution is -2.14. The molecule has 0 unspecified atom stereocenters. The fraction of sp³-hybridized carbons (Fsp3) is 0.0455. The topological polar surface area (TPSA) is 32.9 Å². The van der Waals surface area contributed by atoms with E-state index in [1.807, 2.05) is 91.1 Å². The minimum atomic E-state index is -0.299. The van der Waals surface area contributed by atoms with Crippen LogP contribution in [-0.2, 0) is 0 Å². The number of rotatable bonds is 4. The van der Waals surface area contributed by atoms with Crippen LogP contribution in [-0.4, -0.2) is 10.8 Å². The van der Waals surface area contributed by atoms with Gasteiger partial charge in [-0.05, 0) is 17.2 Å². The van der Waals surface area contributed by atoms with Crippen LogP contribution < -0.4 is 0 Å². The van der Waals surface area contributed by atoms with E-state index in [0.717, 1.165) is 27.6 Å². The van der Waals surface area contributed by atoms with Crippen LogP contribution in [0, 0.1) is 0 Å². The van der Waals surface area contributed by atoms with Crippen molar-refractivity contribution < 1.29 is 4.79 Å². The molecule has 0 spiro atoms. The highest BCUT2D eigenvalue weighted by atomic mass is 16.1. The Morgan fingerprint density at radius 1 is 0.708 bits per heavy atom. The van der Waals surface area contributed by atoms with Crippen LogP contribution >= 0.6 is 0 Å². The molecule has 0 fully saturated rings. The molecule has 0 saturated heterocycles. The molecule has 0 saturated carbocycles. The number of aromatic amines is 1. The Morgan fingerprint density at radius 3 is 1.88 bits per heavy atom. The van der Waals surface area contributed by atoms with E-state index in [1.165, 1.54) is 0 Å². The number of fused-ring (bicyclic) bond motifs is 1. The van der Waals surface area contributed by atoms with Crippen molar-refractivity contribution in [3.05, 3.63) is 108 Å². The number of carbonyl (C=O) groups excluding carboxylic acids is 1. The summed E-state index contributed by atoms with van der Waals surface area (Å²) in [6.45, 7) is 0. The molecule has 0 aliphatic carbocycles. The quantitative estimate of drug-likeness (QED) is 0.517. The Balaban J connectivity index is 1.86. The summed E-state index contributed by atoms with van der Waals surface area (Å²) < 4.78 is 0. The number of Topliss-reactive ketones (excluding diaryl/α,β-unsaturated/α-hetero) is 1. The van der Waals surface area contributed by atoms with E-state index in [4.69, 9.17) is 0 Å². The summed E-state index contributed by atoms with van der Waals surface area (Å²) in [6, 6.07) is 27.9. The largest absolute Gasteiger partial charge is 0.360 e. The predicted octanol–water partition coefficient (Wildman–Crippen LogP) is 5.18. The van der Waals surface area contributed by atoms with Crippen LogP contribution in [0.25, 0.3) is 10.9 Å². The van der Waals surface area contributed by atoms with E-state index in [-0.39, 0.29) is 11.7 Å². The highest BCUT2D eigenvalue weighted by Gasteiger charge is 2.25. The van der Waals surface area contributed by atoms with E-state index in [0.29, 0.717) is 0 Å². The summed E-state index contributed by atoms with van der Waals surface area (Å²) in [5.74, 6) is -0.184. The third-order valence-corrected chi connectivity index (χ3v) is 4.38. The Morgan fingerprint density at radius 2 is 1.25 bits per heavy atom. The molecule has 0 aliphatic rings. The first-order valence-electron chi connectivity index (χ1n) is 8.05. The number of H-pyrrole nitrogens is 1. The first kappa shape index (κ1) is 14.5. The van der Waals surface area contributed by atoms with Crippen LogP contribution in [0.5, 0.6) is 0 Å². The zero-order chi connectivity index (χ0) is 16.4. The number of benzene rings is 3. The van der Waals surface area contributed by atoms with E-state index in [9.17, 15) is 4.79 Å². The number of aromatic nitrogens is 1. The first-order valence-corrected chi connectivity index (χ1v) is 8.05. The second kappa shape index (κ2) is 6.17. The molecule has 1 aromatic heterocycles. The SMILES string of the molecule is O=C(c1c[nH]c2ccccc12)C(c1ccccc1)c1ccccc1. The Labute approximate surface area is 140 Å². The van der Waals surface area contributed by atoms with Crippen molar-refractivity contribution in [1.82, 2.24) is 4.98 Å². The molecule has 0 amide bonds. The fourth-order valence-electron chi connectivity index (χ4n) is 3.22. The van der Waals surface area contributed by atoms with Gasteiger partial charge in [-0.1, -0.05) is 78.9 Å². The van der Waals surface area contributed by atoms with Crippen LogP contribution in [0.1, 0.15) is 27.4 Å². The predicted molar refractivity (Wildman–Crippen MR) is 97.4 cm³/mol. The number of hydrogen-bond acceptors (Lipinski definition) is 1. The van der Waals surface area contributed by atoms with Crippen molar-refractivity contribution >= 4 is 16.7 Å². The van der Waals surface area contributed by atoms with Crippen molar-refractivity contribution in [3.63, 3.8) is 0 Å². The van der Waals surface area contributed by atoms with Gasteiger partial charge in [0, 0.05) is 22.7 Å². The molecule has 3 aromatic carbocycles. The van der Waals surface area contributed by atoms with Gasteiger partial charge < -0.3 is 4.98 Å². The number of nitrogens with one attached hydrogen (secondary N) is 1. The lowest BCUT2D eigenvalue weighted by molar-refractivity contribution is 0.0975. The van der Waals surface area contributed by atoms with Crippen molar-refractivity contribution in [2.75, 3.05) is 0 Å². The normalized spacial score (nSPS) is 11.0. The summed E-state index contributed by atoms with van der Waals surface area (Å²) in [4.78, 5) is 16.6. The molecule has 2 heteroatoms. The average Bonchev–Trinajstić information content (AvgIpc) is 3.08. The van der Waals surface area contributed by atoms with Gasteiger partial charge >= 0.3 is 0 Å². The van der Waals surface area contributed by atoms with E-state index < -0.39 is 0 Å². The van der Waals surface area contributed by atoms with Crippen LogP contribution in [0.2, 0.25) is 0 Å². The van der Waals surface area contributed by atoms with Gasteiger partial charge in [-0.25, -0.2) is 0 Å². The number of para-hydroxylation sites is 1. The lowest BCUT2D eigenvalue weighted by Gasteiger charge is -2.16. The molecule has 116 valence electrons. The van der Waals surface area contributed by atoms with Gasteiger partial charge in [-0.15, -0.1) is 0 Å². The molecular weight excluding hydrogens is 294 g/mol. The Bertz CT molecular complexity index is 931. The average molecular weight is 311 g/mol. The third kappa shape index (κ3) is 2.52. The van der Waals surface area contributed by atoms with E-state index in [2.05, 4.69) is 4.98 Å². The van der Waals surface area contributed by atoms with Gasteiger partial charge in [-0.3, -0.25) is 4.79 Å². The maximum atomic E-state index is 13.4. The molecule has 0 atom stereocenters. The molecule has 0 bridgehead atoms. The third-order valence-electron chi connectivity index (χ3n) is 4.38. The minimum absolute atomic E-state index is 0.116. The molecular formula is C22H17NO. The van der Waals surface area contributed by atoms with Gasteiger partial charge in [0.25, 0.3) is 0 Å². The first-order chi connectivity index (χ1) is 11.8. The summed E-state index contributed by atoms with van der Waals surface area (Å²) in [7, 11) is 0. The Kier molecular flexibility index (Phi) is 3.72. The molecule has 1 N–H and O–H groups in total. The van der Waals surface area contributed by atoms with Gasteiger partial charge in [0.2, 0.25) is 0 Å². The van der Waals surface area contributed by atoms with Crippen molar-refractivity contribution in [3.8, 4) is 0 Å². The molecule has 1 heterocycles. The van der Waals surface area contributed by atoms with Gasteiger partial charge in [0.1, 0.15) is 0 Å². The molecule has 24 heavy (non-hydrogen) atoms. The van der Waals surface area contributed by atoms with Gasteiger partial charge in [0.05, 0.1) is 5.92 Å². The Hall–Kier alpha value is -3.13. The summed E-state index contributed by atoms with van der Waals surface area (Å²) >= 11 is 0. The van der Waals surface area contributed by atoms with Crippen LogP contribution in [0.15, 0.2) is 91.1 Å². The van der Waals surface area contributed by atoms with Crippen LogP contribution in [0.3, 0.4) is 0 Å². The highest BCUT2D eigenvalue weighted by molar-refractivity contribution is 6.12. The maximum Gasteiger partial charge on any atom is 0.176 e. The molecule has 2 nitrogen and oxygen atoms in total. The number of ketones is 1. The molecule has 4 rings (SSSR count). The van der Waals surface area contributed by atoms with E-state index >= 15 is 0 Å². The molecule has 0 radical (unpaired) electrons. The van der Waals surface area contributed by atoms with Crippen molar-refractivity contribution in [2.24, 2.45) is 0 Å². The lowest BCUT2D eigenvalue weighted by atomic mass is 9.85. The monoisotopic (exact) mass is 311 g/mol. The summed E-state index contributed by atoms with van der Waals surface area (Å²) in [5, 5.41) is 0.972. The van der Waals surface area contributed by atoms with Crippen molar-refractivity contribution in [2.45, 2.75) is 5.92 Å². The zero-order valence-electron chi connectivity index (χ0n) is 13.1. The molecule has 0 aliphatic heterocycles. The number of hydrogen-bond donors (Lipinski definition) is 1. The second-order valence-corrected chi connectivity index (χ2v) is 5.87. The fourth-order valence-corrected chi connectivity index (χ4v) is 3.22. The summed E-state index contributed by atoms with van der Waals surface area (Å²) in [5.41, 5.74) is 3.75. The van der Waals surface area contributed by atoms with Gasteiger partial charge in [0.15, 0.2) is 5.78 Å². The van der Waals surface area contributed by atoms with Crippen molar-refractivity contribution in [1.29, 1.82) is 0 Å². The van der Waals surface area contributed by atoms with E-state index in [1.54, 1.807) is 0 Å². The van der Waals surface area contributed by atoms with Gasteiger partial charge in [-0.2, -0.15) is 0 Å².